The first-order valence-corrected chi connectivity index (χ1v) is 7.68. The summed E-state index contributed by atoms with van der Waals surface area (Å²) >= 11 is 0. The van der Waals surface area contributed by atoms with Gasteiger partial charge >= 0.3 is 0 Å². The fourth-order valence-electron chi connectivity index (χ4n) is 1.96. The SMILES string of the molecule is CNC(C)CNC(=O)c1cccc(COc2ccc(C)nc2)c1.Cl.Cl. The van der Waals surface area contributed by atoms with Crippen molar-refractivity contribution in [1.82, 2.24) is 15.6 Å². The van der Waals surface area contributed by atoms with E-state index in [2.05, 4.69) is 15.6 Å². The van der Waals surface area contributed by atoms with E-state index in [1.54, 1.807) is 12.3 Å². The molecule has 0 aliphatic heterocycles. The molecule has 7 heteroatoms. The number of likely N-dealkylation sites (N-methyl/N-ethyl adjacent to an activating group) is 1. The first kappa shape index (κ1) is 23.2. The lowest BCUT2D eigenvalue weighted by Gasteiger charge is -2.12. The van der Waals surface area contributed by atoms with Crippen LogP contribution in [0.25, 0.3) is 0 Å². The second kappa shape index (κ2) is 11.7. The molecule has 0 saturated carbocycles. The number of halogens is 2. The maximum absolute atomic E-state index is 12.1. The summed E-state index contributed by atoms with van der Waals surface area (Å²) < 4.78 is 5.69. The van der Waals surface area contributed by atoms with Crippen LogP contribution in [0.15, 0.2) is 42.6 Å². The van der Waals surface area contributed by atoms with Crippen molar-refractivity contribution in [1.29, 1.82) is 0 Å². The molecule has 2 N–H and O–H groups in total. The molecule has 1 aromatic heterocycles. The molecule has 0 radical (unpaired) electrons. The van der Waals surface area contributed by atoms with Gasteiger partial charge in [-0.3, -0.25) is 9.78 Å². The summed E-state index contributed by atoms with van der Waals surface area (Å²) in [5, 5.41) is 5.99. The fourth-order valence-corrected chi connectivity index (χ4v) is 1.96. The summed E-state index contributed by atoms with van der Waals surface area (Å²) in [6.45, 7) is 4.94. The molecule has 5 nitrogen and oxygen atoms in total. The number of hydrogen-bond acceptors (Lipinski definition) is 4. The van der Waals surface area contributed by atoms with E-state index in [-0.39, 0.29) is 36.8 Å². The number of aryl methyl sites for hydroxylation is 1. The van der Waals surface area contributed by atoms with Crippen molar-refractivity contribution in [2.75, 3.05) is 13.6 Å². The molecule has 1 amide bonds. The zero-order chi connectivity index (χ0) is 16.7. The van der Waals surface area contributed by atoms with Gasteiger partial charge in [0.15, 0.2) is 0 Å². The number of ether oxygens (including phenoxy) is 1. The van der Waals surface area contributed by atoms with Gasteiger partial charge < -0.3 is 15.4 Å². The first-order chi connectivity index (χ1) is 11.1. The average Bonchev–Trinajstić information content (AvgIpc) is 2.59. The summed E-state index contributed by atoms with van der Waals surface area (Å²) in [6, 6.07) is 11.5. The highest BCUT2D eigenvalue weighted by molar-refractivity contribution is 5.94. The van der Waals surface area contributed by atoms with Crippen LogP contribution >= 0.6 is 24.8 Å². The van der Waals surface area contributed by atoms with E-state index in [0.29, 0.717) is 24.5 Å². The number of carbonyl (C=O) groups is 1. The monoisotopic (exact) mass is 385 g/mol. The van der Waals surface area contributed by atoms with Crippen LogP contribution in [-0.2, 0) is 6.61 Å². The van der Waals surface area contributed by atoms with Crippen molar-refractivity contribution >= 4 is 30.7 Å². The van der Waals surface area contributed by atoms with E-state index in [0.717, 1.165) is 11.3 Å². The van der Waals surface area contributed by atoms with E-state index in [4.69, 9.17) is 4.74 Å². The smallest absolute Gasteiger partial charge is 0.251 e. The normalized spacial score (nSPS) is 10.8. The minimum Gasteiger partial charge on any atom is -0.487 e. The number of aromatic nitrogens is 1. The van der Waals surface area contributed by atoms with E-state index < -0.39 is 0 Å². The molecule has 1 heterocycles. The molecule has 2 rings (SSSR count). The molecule has 2 aromatic rings. The molecule has 0 saturated heterocycles. The van der Waals surface area contributed by atoms with E-state index in [9.17, 15) is 4.79 Å². The second-order valence-electron chi connectivity index (χ2n) is 5.52. The Labute approximate surface area is 161 Å². The highest BCUT2D eigenvalue weighted by Gasteiger charge is 2.08. The van der Waals surface area contributed by atoms with Crippen LogP contribution in [0.2, 0.25) is 0 Å². The first-order valence-electron chi connectivity index (χ1n) is 7.68. The lowest BCUT2D eigenvalue weighted by molar-refractivity contribution is 0.0950. The minimum absolute atomic E-state index is 0. The Balaban J connectivity index is 0.00000288. The Kier molecular flexibility index (Phi) is 10.8. The highest BCUT2D eigenvalue weighted by Crippen LogP contribution is 2.12. The molecule has 25 heavy (non-hydrogen) atoms. The fraction of sp³-hybridized carbons (Fsp3) is 0.333. The van der Waals surface area contributed by atoms with Crippen LogP contribution in [0.1, 0.15) is 28.5 Å². The average molecular weight is 386 g/mol. The van der Waals surface area contributed by atoms with E-state index in [1.165, 1.54) is 0 Å². The maximum atomic E-state index is 12.1. The van der Waals surface area contributed by atoms with Crippen LogP contribution in [0.3, 0.4) is 0 Å². The van der Waals surface area contributed by atoms with Crippen LogP contribution in [-0.4, -0.2) is 30.5 Å². The molecule has 0 aliphatic carbocycles. The van der Waals surface area contributed by atoms with Gasteiger partial charge in [0.1, 0.15) is 12.4 Å². The summed E-state index contributed by atoms with van der Waals surface area (Å²) in [5.74, 6) is 0.638. The predicted molar refractivity (Wildman–Crippen MR) is 105 cm³/mol. The highest BCUT2D eigenvalue weighted by atomic mass is 35.5. The molecule has 0 fully saturated rings. The van der Waals surface area contributed by atoms with Gasteiger partial charge in [0.25, 0.3) is 5.91 Å². The van der Waals surface area contributed by atoms with Gasteiger partial charge in [-0.1, -0.05) is 12.1 Å². The molecule has 0 spiro atoms. The van der Waals surface area contributed by atoms with Crippen molar-refractivity contribution in [3.63, 3.8) is 0 Å². The largest absolute Gasteiger partial charge is 0.487 e. The van der Waals surface area contributed by atoms with Gasteiger partial charge in [-0.05, 0) is 50.7 Å². The lowest BCUT2D eigenvalue weighted by Crippen LogP contribution is -2.37. The summed E-state index contributed by atoms with van der Waals surface area (Å²) in [6.07, 6.45) is 1.70. The Morgan fingerprint density at radius 1 is 1.24 bits per heavy atom. The third-order valence-corrected chi connectivity index (χ3v) is 3.54. The van der Waals surface area contributed by atoms with Gasteiger partial charge in [-0.25, -0.2) is 0 Å². The van der Waals surface area contributed by atoms with Crippen molar-refractivity contribution in [2.24, 2.45) is 0 Å². The van der Waals surface area contributed by atoms with Gasteiger partial charge in [0.2, 0.25) is 0 Å². The molecule has 0 aliphatic rings. The van der Waals surface area contributed by atoms with Crippen LogP contribution in [0.5, 0.6) is 5.75 Å². The quantitative estimate of drug-likeness (QED) is 0.768. The Hall–Kier alpha value is -1.82. The van der Waals surface area contributed by atoms with Gasteiger partial charge in [0.05, 0.1) is 6.20 Å². The number of pyridine rings is 1. The van der Waals surface area contributed by atoms with Crippen LogP contribution < -0.4 is 15.4 Å². The van der Waals surface area contributed by atoms with E-state index in [1.807, 2.05) is 51.2 Å². The number of nitrogens with zero attached hydrogens (tertiary/aromatic N) is 1. The summed E-state index contributed by atoms with van der Waals surface area (Å²) in [5.41, 5.74) is 2.53. The Bertz CT molecular complexity index is 651. The van der Waals surface area contributed by atoms with Gasteiger partial charge in [0, 0.05) is 23.8 Å². The third kappa shape index (κ3) is 7.73. The molecule has 1 aromatic carbocycles. The number of nitrogens with one attached hydrogen (secondary N) is 2. The van der Waals surface area contributed by atoms with Crippen molar-refractivity contribution in [2.45, 2.75) is 26.5 Å². The van der Waals surface area contributed by atoms with E-state index >= 15 is 0 Å². The van der Waals surface area contributed by atoms with Gasteiger partial charge in [-0.15, -0.1) is 24.8 Å². The molecule has 0 bridgehead atoms. The minimum atomic E-state index is -0.0778. The van der Waals surface area contributed by atoms with Crippen molar-refractivity contribution in [3.05, 3.63) is 59.4 Å². The molecular weight excluding hydrogens is 361 g/mol. The zero-order valence-corrected chi connectivity index (χ0v) is 16.2. The number of rotatable bonds is 7. The maximum Gasteiger partial charge on any atom is 0.251 e. The predicted octanol–water partition coefficient (Wildman–Crippen LogP) is 3.15. The molecule has 1 unspecified atom stereocenters. The topological polar surface area (TPSA) is 63.2 Å². The number of hydrogen-bond donors (Lipinski definition) is 2. The number of amides is 1. The summed E-state index contributed by atoms with van der Waals surface area (Å²) in [4.78, 5) is 16.3. The number of carbonyl (C=O) groups excluding carboxylic acids is 1. The molecular formula is C18H25Cl2N3O2. The molecule has 138 valence electrons. The van der Waals surface area contributed by atoms with Crippen molar-refractivity contribution in [3.8, 4) is 5.75 Å². The summed E-state index contributed by atoms with van der Waals surface area (Å²) in [7, 11) is 1.87. The van der Waals surface area contributed by atoms with Gasteiger partial charge in [-0.2, -0.15) is 0 Å². The standard InChI is InChI=1S/C18H23N3O2.2ClH/c1-13-7-8-17(11-20-13)23-12-15-5-4-6-16(9-15)18(22)21-10-14(2)19-3;;/h4-9,11,14,19H,10,12H2,1-3H3,(H,21,22);2*1H. The zero-order valence-electron chi connectivity index (χ0n) is 14.6. The Morgan fingerprint density at radius 3 is 2.64 bits per heavy atom. The Morgan fingerprint density at radius 2 is 2.00 bits per heavy atom. The molecule has 1 atom stereocenters. The lowest BCUT2D eigenvalue weighted by atomic mass is 10.1. The van der Waals surface area contributed by atoms with Crippen LogP contribution in [0, 0.1) is 6.92 Å². The second-order valence-corrected chi connectivity index (χ2v) is 5.52. The third-order valence-electron chi connectivity index (χ3n) is 3.54. The van der Waals surface area contributed by atoms with Crippen molar-refractivity contribution < 1.29 is 9.53 Å². The van der Waals surface area contributed by atoms with Crippen LogP contribution in [0.4, 0.5) is 0 Å². The number of benzene rings is 1.